The predicted molar refractivity (Wildman–Crippen MR) is 88.8 cm³/mol. The number of aryl methyl sites for hydroxylation is 1. The van der Waals surface area contributed by atoms with Gasteiger partial charge in [0.05, 0.1) is 18.4 Å². The first-order chi connectivity index (χ1) is 12.0. The number of hydrogen-bond acceptors (Lipinski definition) is 6. The molecule has 3 aromatic rings. The van der Waals surface area contributed by atoms with Gasteiger partial charge in [-0.15, -0.1) is 10.2 Å². The summed E-state index contributed by atoms with van der Waals surface area (Å²) in [7, 11) is 1.29. The molecule has 0 unspecified atom stereocenters. The minimum absolute atomic E-state index is 0.106. The number of benzene rings is 1. The molecule has 0 amide bonds. The Morgan fingerprint density at radius 3 is 2.72 bits per heavy atom. The number of aromatic nitrogens is 2. The number of hydrogen-bond donors (Lipinski definition) is 1. The number of aromatic carboxylic acids is 1. The molecule has 0 aliphatic rings. The number of fused-ring (bicyclic) bond motifs is 1. The maximum absolute atomic E-state index is 11.6. The molecule has 0 aliphatic carbocycles. The van der Waals surface area contributed by atoms with Gasteiger partial charge in [-0.2, -0.15) is 0 Å². The highest BCUT2D eigenvalue weighted by atomic mass is 16.5. The summed E-state index contributed by atoms with van der Waals surface area (Å²) in [4.78, 5) is 27.1. The first-order valence-electron chi connectivity index (χ1n) is 7.32. The standard InChI is InChI=1S/C17H14N4O4/c1-10-5-4-8-21-14(10)18-13(16(22)23)15(21)20-19-12-7-3-6-11(9-12)17(24)25-2/h3-9H,1-2H3,(H,22,23). The number of rotatable bonds is 4. The quantitative estimate of drug-likeness (QED) is 0.578. The third-order valence-corrected chi connectivity index (χ3v) is 3.55. The number of imidazole rings is 1. The molecular formula is C17H14N4O4. The number of esters is 1. The molecule has 3 rings (SSSR count). The van der Waals surface area contributed by atoms with Gasteiger partial charge in [0.1, 0.15) is 5.65 Å². The Hall–Kier alpha value is -3.55. The highest BCUT2D eigenvalue weighted by Crippen LogP contribution is 2.26. The summed E-state index contributed by atoms with van der Waals surface area (Å²) >= 11 is 0. The van der Waals surface area contributed by atoms with E-state index in [1.54, 1.807) is 34.9 Å². The van der Waals surface area contributed by atoms with E-state index in [4.69, 9.17) is 0 Å². The van der Waals surface area contributed by atoms with E-state index in [2.05, 4.69) is 19.9 Å². The molecule has 8 nitrogen and oxygen atoms in total. The molecule has 1 aromatic carbocycles. The molecule has 0 saturated heterocycles. The van der Waals surface area contributed by atoms with E-state index in [0.29, 0.717) is 16.9 Å². The summed E-state index contributed by atoms with van der Waals surface area (Å²) in [6.45, 7) is 1.83. The average Bonchev–Trinajstić information content (AvgIpc) is 3.00. The molecule has 0 radical (unpaired) electrons. The molecule has 0 atom stereocenters. The van der Waals surface area contributed by atoms with Crippen LogP contribution in [-0.4, -0.2) is 33.5 Å². The third-order valence-electron chi connectivity index (χ3n) is 3.55. The van der Waals surface area contributed by atoms with Crippen LogP contribution in [-0.2, 0) is 4.74 Å². The second-order valence-corrected chi connectivity index (χ2v) is 5.22. The SMILES string of the molecule is COC(=O)c1cccc(N=Nc2c(C(=O)O)nc3c(C)cccn23)c1. The fourth-order valence-corrected chi connectivity index (χ4v) is 2.35. The van der Waals surface area contributed by atoms with Crippen LogP contribution < -0.4 is 0 Å². The predicted octanol–water partition coefficient (Wildman–Crippen LogP) is 3.54. The zero-order chi connectivity index (χ0) is 18.0. The normalized spacial score (nSPS) is 11.1. The Balaban J connectivity index is 2.07. The van der Waals surface area contributed by atoms with Crippen molar-refractivity contribution in [3.05, 3.63) is 59.4 Å². The van der Waals surface area contributed by atoms with Gasteiger partial charge in [-0.25, -0.2) is 14.6 Å². The van der Waals surface area contributed by atoms with Crippen LogP contribution in [0.1, 0.15) is 26.4 Å². The van der Waals surface area contributed by atoms with E-state index in [-0.39, 0.29) is 11.5 Å². The van der Waals surface area contributed by atoms with E-state index in [1.807, 2.05) is 13.0 Å². The molecule has 0 saturated carbocycles. The van der Waals surface area contributed by atoms with Crippen LogP contribution in [0.25, 0.3) is 5.65 Å². The number of pyridine rings is 1. The fourth-order valence-electron chi connectivity index (χ4n) is 2.35. The van der Waals surface area contributed by atoms with Crippen molar-refractivity contribution in [1.29, 1.82) is 0 Å². The van der Waals surface area contributed by atoms with Crippen molar-refractivity contribution in [3.63, 3.8) is 0 Å². The lowest BCUT2D eigenvalue weighted by Gasteiger charge is -2.00. The van der Waals surface area contributed by atoms with Crippen LogP contribution in [0.2, 0.25) is 0 Å². The Bertz CT molecular complexity index is 1010. The minimum atomic E-state index is -1.19. The van der Waals surface area contributed by atoms with Crippen molar-refractivity contribution in [2.24, 2.45) is 10.2 Å². The smallest absolute Gasteiger partial charge is 0.358 e. The summed E-state index contributed by atoms with van der Waals surface area (Å²) in [6.07, 6.45) is 1.67. The van der Waals surface area contributed by atoms with Crippen molar-refractivity contribution in [2.75, 3.05) is 7.11 Å². The van der Waals surface area contributed by atoms with Gasteiger partial charge in [0.25, 0.3) is 0 Å². The van der Waals surface area contributed by atoms with Gasteiger partial charge >= 0.3 is 11.9 Å². The first kappa shape index (κ1) is 16.3. The highest BCUT2D eigenvalue weighted by Gasteiger charge is 2.19. The van der Waals surface area contributed by atoms with E-state index in [9.17, 15) is 14.7 Å². The van der Waals surface area contributed by atoms with Gasteiger partial charge in [0, 0.05) is 6.20 Å². The molecule has 126 valence electrons. The summed E-state index contributed by atoms with van der Waals surface area (Å²) in [5.41, 5.74) is 1.84. The van der Waals surface area contributed by atoms with Crippen molar-refractivity contribution < 1.29 is 19.4 Å². The number of ether oxygens (including phenoxy) is 1. The summed E-state index contributed by atoms with van der Waals surface area (Å²) in [5, 5.41) is 17.5. The van der Waals surface area contributed by atoms with Crippen LogP contribution in [0, 0.1) is 6.92 Å². The van der Waals surface area contributed by atoms with Crippen LogP contribution >= 0.6 is 0 Å². The summed E-state index contributed by atoms with van der Waals surface area (Å²) in [6, 6.07) is 9.97. The van der Waals surface area contributed by atoms with E-state index in [1.165, 1.54) is 13.2 Å². The lowest BCUT2D eigenvalue weighted by Crippen LogP contribution is -1.99. The van der Waals surface area contributed by atoms with Crippen molar-refractivity contribution >= 4 is 29.1 Å². The lowest BCUT2D eigenvalue weighted by atomic mass is 10.2. The first-order valence-corrected chi connectivity index (χ1v) is 7.32. The van der Waals surface area contributed by atoms with E-state index in [0.717, 1.165) is 5.56 Å². The summed E-state index contributed by atoms with van der Waals surface area (Å²) in [5.74, 6) is -1.58. The molecule has 2 heterocycles. The van der Waals surface area contributed by atoms with Crippen LogP contribution in [0.15, 0.2) is 52.8 Å². The van der Waals surface area contributed by atoms with Crippen LogP contribution in [0.4, 0.5) is 11.5 Å². The summed E-state index contributed by atoms with van der Waals surface area (Å²) < 4.78 is 6.22. The zero-order valence-corrected chi connectivity index (χ0v) is 13.5. The lowest BCUT2D eigenvalue weighted by molar-refractivity contribution is 0.0600. The van der Waals surface area contributed by atoms with Crippen LogP contribution in [0.3, 0.4) is 0 Å². The van der Waals surface area contributed by atoms with Gasteiger partial charge in [-0.3, -0.25) is 4.40 Å². The topological polar surface area (TPSA) is 106 Å². The number of carboxylic acids is 1. The van der Waals surface area contributed by atoms with E-state index < -0.39 is 11.9 Å². The molecule has 0 bridgehead atoms. The maximum Gasteiger partial charge on any atom is 0.358 e. The van der Waals surface area contributed by atoms with Gasteiger partial charge in [-0.1, -0.05) is 12.1 Å². The highest BCUT2D eigenvalue weighted by molar-refractivity contribution is 5.92. The third kappa shape index (κ3) is 3.09. The number of carbonyl (C=O) groups excluding carboxylic acids is 1. The maximum atomic E-state index is 11.6. The number of carbonyl (C=O) groups is 2. The van der Waals surface area contributed by atoms with E-state index >= 15 is 0 Å². The number of nitrogens with zero attached hydrogens (tertiary/aromatic N) is 4. The minimum Gasteiger partial charge on any atom is -0.476 e. The Morgan fingerprint density at radius 1 is 1.20 bits per heavy atom. The molecule has 25 heavy (non-hydrogen) atoms. The number of azo groups is 1. The molecule has 1 N–H and O–H groups in total. The van der Waals surface area contributed by atoms with Crippen LogP contribution in [0.5, 0.6) is 0 Å². The average molecular weight is 338 g/mol. The fraction of sp³-hybridized carbons (Fsp3) is 0.118. The van der Waals surface area contributed by atoms with Crippen molar-refractivity contribution in [2.45, 2.75) is 6.92 Å². The van der Waals surface area contributed by atoms with Gasteiger partial charge in [0.15, 0.2) is 11.5 Å². The van der Waals surface area contributed by atoms with Crippen molar-refractivity contribution in [3.8, 4) is 0 Å². The molecule has 8 heteroatoms. The molecule has 0 aliphatic heterocycles. The second-order valence-electron chi connectivity index (χ2n) is 5.22. The molecule has 0 spiro atoms. The molecular weight excluding hydrogens is 324 g/mol. The van der Waals surface area contributed by atoms with Gasteiger partial charge in [-0.05, 0) is 36.8 Å². The Kier molecular flexibility index (Phi) is 4.25. The van der Waals surface area contributed by atoms with Gasteiger partial charge in [0.2, 0.25) is 0 Å². The molecule has 2 aromatic heterocycles. The number of carboxylic acid groups (broad SMARTS) is 1. The van der Waals surface area contributed by atoms with Crippen molar-refractivity contribution in [1.82, 2.24) is 9.38 Å². The van der Waals surface area contributed by atoms with Gasteiger partial charge < -0.3 is 9.84 Å². The molecule has 0 fully saturated rings. The second kappa shape index (κ2) is 6.52. The Morgan fingerprint density at radius 2 is 2.00 bits per heavy atom. The zero-order valence-electron chi connectivity index (χ0n) is 13.5. The monoisotopic (exact) mass is 338 g/mol. The Labute approximate surface area is 142 Å². The number of methoxy groups -OCH3 is 1. The largest absolute Gasteiger partial charge is 0.476 e.